The fourth-order valence-corrected chi connectivity index (χ4v) is 3.92. The third kappa shape index (κ3) is 3.76. The van der Waals surface area contributed by atoms with Gasteiger partial charge in [-0.15, -0.1) is 10.2 Å². The van der Waals surface area contributed by atoms with Crippen LogP contribution in [0.2, 0.25) is 0 Å². The predicted octanol–water partition coefficient (Wildman–Crippen LogP) is 3.59. The first kappa shape index (κ1) is 16.9. The number of aromatic nitrogens is 4. The topological polar surface area (TPSA) is 83.6 Å². The molecule has 126 valence electrons. The van der Waals surface area contributed by atoms with Gasteiger partial charge in [-0.25, -0.2) is 4.98 Å². The average molecular weight is 361 g/mol. The molecule has 0 radical (unpaired) electrons. The number of nitrogens with zero attached hydrogens (tertiary/aromatic N) is 3. The van der Waals surface area contributed by atoms with Crippen molar-refractivity contribution in [2.75, 3.05) is 5.32 Å². The maximum absolute atomic E-state index is 12.2. The van der Waals surface area contributed by atoms with E-state index in [1.54, 1.807) is 6.07 Å². The first-order chi connectivity index (χ1) is 11.6. The molecule has 0 fully saturated rings. The SMILES string of the molecule is CC[C@@H](C)Nc1nnc(SCc2nc3c(C)cccc3c(=O)[nH]2)s1. The van der Waals surface area contributed by atoms with Crippen LogP contribution in [0.1, 0.15) is 31.7 Å². The van der Waals surface area contributed by atoms with Crippen molar-refractivity contribution in [2.24, 2.45) is 0 Å². The molecule has 2 aromatic heterocycles. The number of benzene rings is 1. The number of para-hydroxylation sites is 1. The number of nitrogens with one attached hydrogen (secondary N) is 2. The molecule has 0 unspecified atom stereocenters. The molecule has 0 saturated carbocycles. The largest absolute Gasteiger partial charge is 0.358 e. The lowest BCUT2D eigenvalue weighted by Gasteiger charge is -2.07. The zero-order chi connectivity index (χ0) is 17.1. The van der Waals surface area contributed by atoms with Crippen molar-refractivity contribution < 1.29 is 0 Å². The molecule has 2 N–H and O–H groups in total. The van der Waals surface area contributed by atoms with Gasteiger partial charge in [0.15, 0.2) is 4.34 Å². The zero-order valence-corrected chi connectivity index (χ0v) is 15.4. The van der Waals surface area contributed by atoms with Crippen LogP contribution in [0.25, 0.3) is 10.9 Å². The van der Waals surface area contributed by atoms with Gasteiger partial charge in [-0.2, -0.15) is 0 Å². The van der Waals surface area contributed by atoms with Gasteiger partial charge in [0.05, 0.1) is 16.7 Å². The van der Waals surface area contributed by atoms with Crippen molar-refractivity contribution in [2.45, 2.75) is 43.3 Å². The molecule has 1 aromatic carbocycles. The average Bonchev–Trinajstić information content (AvgIpc) is 3.01. The molecule has 24 heavy (non-hydrogen) atoms. The van der Waals surface area contributed by atoms with Crippen LogP contribution in [0.4, 0.5) is 5.13 Å². The number of aryl methyl sites for hydroxylation is 1. The lowest BCUT2D eigenvalue weighted by atomic mass is 10.1. The van der Waals surface area contributed by atoms with Crippen molar-refractivity contribution in [1.29, 1.82) is 0 Å². The molecule has 6 nitrogen and oxygen atoms in total. The third-order valence-corrected chi connectivity index (χ3v) is 5.71. The molecular formula is C16H19N5OS2. The summed E-state index contributed by atoms with van der Waals surface area (Å²) in [5.41, 5.74) is 1.66. The van der Waals surface area contributed by atoms with Crippen molar-refractivity contribution in [3.8, 4) is 0 Å². The molecule has 0 aliphatic heterocycles. The van der Waals surface area contributed by atoms with Crippen molar-refractivity contribution in [3.63, 3.8) is 0 Å². The van der Waals surface area contributed by atoms with Gasteiger partial charge in [-0.3, -0.25) is 4.79 Å². The number of anilines is 1. The smallest absolute Gasteiger partial charge is 0.258 e. The highest BCUT2D eigenvalue weighted by molar-refractivity contribution is 8.00. The number of H-pyrrole nitrogens is 1. The van der Waals surface area contributed by atoms with Gasteiger partial charge >= 0.3 is 0 Å². The number of hydrogen-bond donors (Lipinski definition) is 2. The Bertz CT molecular complexity index is 905. The Morgan fingerprint density at radius 2 is 2.21 bits per heavy atom. The first-order valence-corrected chi connectivity index (χ1v) is 9.58. The number of aromatic amines is 1. The van der Waals surface area contributed by atoms with E-state index in [-0.39, 0.29) is 5.56 Å². The number of thioether (sulfide) groups is 1. The van der Waals surface area contributed by atoms with E-state index in [1.165, 1.54) is 23.1 Å². The minimum atomic E-state index is -0.101. The fraction of sp³-hybridized carbons (Fsp3) is 0.375. The Hall–Kier alpha value is -1.93. The summed E-state index contributed by atoms with van der Waals surface area (Å²) in [5.74, 6) is 1.20. The summed E-state index contributed by atoms with van der Waals surface area (Å²) in [6.07, 6.45) is 1.03. The van der Waals surface area contributed by atoms with Crippen molar-refractivity contribution in [3.05, 3.63) is 39.9 Å². The predicted molar refractivity (Wildman–Crippen MR) is 99.9 cm³/mol. The number of rotatable bonds is 6. The standard InChI is InChI=1S/C16H19N5OS2/c1-4-10(3)17-15-20-21-16(24-15)23-8-12-18-13-9(2)6-5-7-11(13)14(22)19-12/h5-7,10H,4,8H2,1-3H3,(H,17,20)(H,18,19,22)/t10-/m1/s1. The Balaban J connectivity index is 1.74. The normalized spacial score (nSPS) is 12.5. The van der Waals surface area contributed by atoms with Gasteiger partial charge in [0.2, 0.25) is 5.13 Å². The number of fused-ring (bicyclic) bond motifs is 1. The maximum atomic E-state index is 12.2. The van der Waals surface area contributed by atoms with Gasteiger partial charge in [-0.1, -0.05) is 42.2 Å². The second-order valence-corrected chi connectivity index (χ2v) is 7.80. The molecule has 3 rings (SSSR count). The molecule has 0 amide bonds. The van der Waals surface area contributed by atoms with Gasteiger partial charge < -0.3 is 10.3 Å². The summed E-state index contributed by atoms with van der Waals surface area (Å²) in [6, 6.07) is 6.00. The van der Waals surface area contributed by atoms with Gasteiger partial charge in [0, 0.05) is 6.04 Å². The highest BCUT2D eigenvalue weighted by Gasteiger charge is 2.10. The maximum Gasteiger partial charge on any atom is 0.258 e. The van der Waals surface area contributed by atoms with E-state index in [4.69, 9.17) is 0 Å². The van der Waals surface area contributed by atoms with Crippen LogP contribution in [-0.4, -0.2) is 26.2 Å². The van der Waals surface area contributed by atoms with E-state index >= 15 is 0 Å². The van der Waals surface area contributed by atoms with Crippen LogP contribution in [0, 0.1) is 6.92 Å². The molecular weight excluding hydrogens is 342 g/mol. The second-order valence-electron chi connectivity index (χ2n) is 5.60. The Morgan fingerprint density at radius 3 is 3.00 bits per heavy atom. The summed E-state index contributed by atoms with van der Waals surface area (Å²) in [4.78, 5) is 19.6. The molecule has 0 aliphatic rings. The van der Waals surface area contributed by atoms with Crippen molar-refractivity contribution >= 4 is 39.1 Å². The van der Waals surface area contributed by atoms with Crippen LogP contribution in [0.3, 0.4) is 0 Å². The Labute approximate surface area is 148 Å². The van der Waals surface area contributed by atoms with E-state index in [1.807, 2.05) is 19.1 Å². The molecule has 0 aliphatic carbocycles. The quantitative estimate of drug-likeness (QED) is 0.653. The first-order valence-electron chi connectivity index (χ1n) is 7.78. The summed E-state index contributed by atoms with van der Waals surface area (Å²) in [7, 11) is 0. The van der Waals surface area contributed by atoms with Gasteiger partial charge in [0.1, 0.15) is 5.82 Å². The molecule has 2 heterocycles. The fourth-order valence-electron chi connectivity index (χ4n) is 2.19. The monoisotopic (exact) mass is 361 g/mol. The number of hydrogen-bond acceptors (Lipinski definition) is 7. The van der Waals surface area contributed by atoms with Gasteiger partial charge in [-0.05, 0) is 31.9 Å². The van der Waals surface area contributed by atoms with E-state index < -0.39 is 0 Å². The van der Waals surface area contributed by atoms with Crippen molar-refractivity contribution in [1.82, 2.24) is 20.2 Å². The molecule has 0 saturated heterocycles. The van der Waals surface area contributed by atoms with Crippen LogP contribution in [0.15, 0.2) is 27.3 Å². The molecule has 8 heteroatoms. The lowest BCUT2D eigenvalue weighted by Crippen LogP contribution is -2.12. The summed E-state index contributed by atoms with van der Waals surface area (Å²) < 4.78 is 0.855. The van der Waals surface area contributed by atoms with E-state index in [9.17, 15) is 4.79 Å². The Morgan fingerprint density at radius 1 is 1.38 bits per heavy atom. The van der Waals surface area contributed by atoms with Gasteiger partial charge in [0.25, 0.3) is 5.56 Å². The summed E-state index contributed by atoms with van der Waals surface area (Å²) >= 11 is 3.04. The molecule has 1 atom stereocenters. The van der Waals surface area contributed by atoms with E-state index in [0.29, 0.717) is 23.0 Å². The summed E-state index contributed by atoms with van der Waals surface area (Å²) in [5, 5.41) is 13.1. The van der Waals surface area contributed by atoms with E-state index in [2.05, 4.69) is 39.3 Å². The van der Waals surface area contributed by atoms with Crippen LogP contribution in [-0.2, 0) is 5.75 Å². The highest BCUT2D eigenvalue weighted by atomic mass is 32.2. The van der Waals surface area contributed by atoms with Crippen LogP contribution in [0.5, 0.6) is 0 Å². The highest BCUT2D eigenvalue weighted by Crippen LogP contribution is 2.28. The lowest BCUT2D eigenvalue weighted by molar-refractivity contribution is 0.759. The summed E-state index contributed by atoms with van der Waals surface area (Å²) in [6.45, 7) is 6.20. The molecule has 3 aromatic rings. The minimum absolute atomic E-state index is 0.101. The minimum Gasteiger partial charge on any atom is -0.358 e. The van der Waals surface area contributed by atoms with Crippen LogP contribution >= 0.6 is 23.1 Å². The molecule has 0 spiro atoms. The third-order valence-electron chi connectivity index (χ3n) is 3.71. The van der Waals surface area contributed by atoms with Crippen LogP contribution < -0.4 is 10.9 Å². The zero-order valence-electron chi connectivity index (χ0n) is 13.8. The van der Waals surface area contributed by atoms with E-state index in [0.717, 1.165) is 27.0 Å². The second kappa shape index (κ2) is 7.31. The molecule has 0 bridgehead atoms. The Kier molecular flexibility index (Phi) is 5.15.